The zero-order valence-corrected chi connectivity index (χ0v) is 32.9. The lowest BCUT2D eigenvalue weighted by molar-refractivity contribution is -0.336. The Morgan fingerprint density at radius 1 is 0.691 bits per heavy atom. The van der Waals surface area contributed by atoms with E-state index in [0.29, 0.717) is 18.8 Å². The lowest BCUT2D eigenvalue weighted by Crippen LogP contribution is -2.67. The highest BCUT2D eigenvalue weighted by molar-refractivity contribution is 5.85. The SMILES string of the molecule is CC1O[C@@H](OC2C(C)O[C@H](OC3C(C)O[C@@H](O[C@H]4CC[C@@]5(C)[C@H](CC[C@@H]6[C@@H]5C[C@@H](O)[C@]5(C)[C@@H](C7=CC(=O)OC7)CC[C@]65O)C4)C[C@H]3O)C[C@H]2O)C[C@@H](O)C1O. The quantitative estimate of drug-likeness (QED) is 0.162. The maximum Gasteiger partial charge on any atom is 0.331 e. The second kappa shape index (κ2) is 15.1. The summed E-state index contributed by atoms with van der Waals surface area (Å²) in [7, 11) is 0. The van der Waals surface area contributed by atoms with Crippen molar-refractivity contribution in [3.8, 4) is 0 Å². The second-order valence-corrected chi connectivity index (χ2v) is 18.8. The molecule has 7 fully saturated rings. The molecule has 0 aromatic heterocycles. The molecule has 4 saturated carbocycles. The number of esters is 1. The highest BCUT2D eigenvalue weighted by atomic mass is 16.7. The maximum absolute atomic E-state index is 12.6. The first-order chi connectivity index (χ1) is 26.0. The molecular weight excluding hydrogens is 716 g/mol. The zero-order chi connectivity index (χ0) is 39.2. The molecule has 0 bridgehead atoms. The van der Waals surface area contributed by atoms with Crippen LogP contribution >= 0.6 is 0 Å². The molecule has 0 spiro atoms. The van der Waals surface area contributed by atoms with Crippen LogP contribution < -0.4 is 0 Å². The highest BCUT2D eigenvalue weighted by Gasteiger charge is 2.71. The summed E-state index contributed by atoms with van der Waals surface area (Å²) in [5.41, 5.74) is -0.892. The van der Waals surface area contributed by atoms with Crippen LogP contribution in [0.2, 0.25) is 0 Å². The summed E-state index contributed by atoms with van der Waals surface area (Å²) in [6, 6.07) is 0. The molecule has 6 unspecified atom stereocenters. The first kappa shape index (κ1) is 40.5. The van der Waals surface area contributed by atoms with Gasteiger partial charge in [0.05, 0.1) is 54.4 Å². The number of fused-ring (bicyclic) bond motifs is 5. The first-order valence-electron chi connectivity index (χ1n) is 20.9. The predicted octanol–water partition coefficient (Wildman–Crippen LogP) is 2.22. The molecule has 0 aromatic rings. The Morgan fingerprint density at radius 2 is 1.29 bits per heavy atom. The summed E-state index contributed by atoms with van der Waals surface area (Å²) in [6.07, 6.45) is -1.51. The Bertz CT molecular complexity index is 1410. The van der Waals surface area contributed by atoms with Crippen LogP contribution in [0.1, 0.15) is 105 Å². The van der Waals surface area contributed by atoms with Crippen LogP contribution in [0.4, 0.5) is 0 Å². The topological polar surface area (TPSA) is 203 Å². The fraction of sp³-hybridized carbons (Fsp3) is 0.927. The number of aliphatic hydroxyl groups is 6. The van der Waals surface area contributed by atoms with Gasteiger partial charge < -0.3 is 63.8 Å². The van der Waals surface area contributed by atoms with E-state index in [1.54, 1.807) is 19.9 Å². The van der Waals surface area contributed by atoms with Crippen molar-refractivity contribution in [3.63, 3.8) is 0 Å². The summed E-state index contributed by atoms with van der Waals surface area (Å²) in [6.45, 7) is 9.90. The van der Waals surface area contributed by atoms with Crippen molar-refractivity contribution in [3.05, 3.63) is 11.6 Å². The van der Waals surface area contributed by atoms with Crippen molar-refractivity contribution in [1.82, 2.24) is 0 Å². The van der Waals surface area contributed by atoms with Crippen LogP contribution in [-0.4, -0.2) is 135 Å². The van der Waals surface area contributed by atoms with Crippen molar-refractivity contribution < 1.29 is 68.6 Å². The summed E-state index contributed by atoms with van der Waals surface area (Å²) in [4.78, 5) is 11.9. The van der Waals surface area contributed by atoms with E-state index < -0.39 is 90.9 Å². The van der Waals surface area contributed by atoms with Gasteiger partial charge in [-0.1, -0.05) is 13.8 Å². The van der Waals surface area contributed by atoms with Gasteiger partial charge in [-0.05, 0) is 107 Å². The Kier molecular flexibility index (Phi) is 11.1. The van der Waals surface area contributed by atoms with Crippen LogP contribution in [0.25, 0.3) is 0 Å². The molecule has 55 heavy (non-hydrogen) atoms. The van der Waals surface area contributed by atoms with Crippen LogP contribution in [0.15, 0.2) is 11.6 Å². The number of rotatable bonds is 7. The predicted molar refractivity (Wildman–Crippen MR) is 193 cm³/mol. The minimum absolute atomic E-state index is 0.0452. The third kappa shape index (κ3) is 6.95. The minimum atomic E-state index is -1.01. The van der Waals surface area contributed by atoms with Gasteiger partial charge in [0.15, 0.2) is 18.9 Å². The van der Waals surface area contributed by atoms with E-state index >= 15 is 0 Å². The standard InChI is InChI=1S/C41H64O14/c1-19-36(47)28(42)15-34(50-19)54-38-21(3)52-35(17-30(38)44)55-37-20(2)51-33(16-29(37)43)53-24-8-10-39(4)23(13-24)6-7-26-27(39)14-31(45)40(5)25(9-11-41(26,40)48)22-12-32(46)49-18-22/h12,19-21,23-31,33-38,42-45,47-48H,6-11,13-18H2,1-5H3/t19?,20?,21?,23-,24+,25-,26-,27+,28-,29-,30-,31-,33+,34+,35-,36?,37?,38?,39+,40+,41+/m1/s1. The fourth-order valence-electron chi connectivity index (χ4n) is 12.8. The van der Waals surface area contributed by atoms with E-state index in [4.69, 9.17) is 33.2 Å². The summed E-state index contributed by atoms with van der Waals surface area (Å²) < 4.78 is 42.1. The van der Waals surface area contributed by atoms with E-state index in [-0.39, 0.29) is 61.1 Å². The smallest absolute Gasteiger partial charge is 0.331 e. The zero-order valence-electron chi connectivity index (χ0n) is 32.9. The monoisotopic (exact) mass is 780 g/mol. The van der Waals surface area contributed by atoms with Gasteiger partial charge in [-0.3, -0.25) is 0 Å². The molecule has 14 nitrogen and oxygen atoms in total. The molecule has 8 aliphatic rings. The van der Waals surface area contributed by atoms with Crippen LogP contribution in [0.5, 0.6) is 0 Å². The molecule has 0 radical (unpaired) electrons. The van der Waals surface area contributed by atoms with Crippen LogP contribution in [-0.2, 0) is 38.0 Å². The van der Waals surface area contributed by atoms with Crippen molar-refractivity contribution in [2.24, 2.45) is 34.5 Å². The van der Waals surface area contributed by atoms with Crippen LogP contribution in [0.3, 0.4) is 0 Å². The molecule has 4 aliphatic carbocycles. The molecule has 0 aromatic carbocycles. The Morgan fingerprint density at radius 3 is 1.87 bits per heavy atom. The fourth-order valence-corrected chi connectivity index (χ4v) is 12.8. The van der Waals surface area contributed by atoms with Gasteiger partial charge in [-0.25, -0.2) is 4.79 Å². The van der Waals surface area contributed by atoms with Gasteiger partial charge in [0.25, 0.3) is 0 Å². The van der Waals surface area contributed by atoms with Crippen molar-refractivity contribution in [2.45, 2.75) is 197 Å². The highest BCUT2D eigenvalue weighted by Crippen LogP contribution is 2.70. The van der Waals surface area contributed by atoms with Crippen molar-refractivity contribution in [1.29, 1.82) is 0 Å². The number of aliphatic hydroxyl groups excluding tert-OH is 5. The van der Waals surface area contributed by atoms with Gasteiger partial charge in [0, 0.05) is 30.8 Å². The van der Waals surface area contributed by atoms with Gasteiger partial charge in [0.2, 0.25) is 0 Å². The lowest BCUT2D eigenvalue weighted by atomic mass is 9.42. The normalized spacial score (nSPS) is 55.5. The number of carbonyl (C=O) groups excluding carboxylic acids is 1. The van der Waals surface area contributed by atoms with Gasteiger partial charge >= 0.3 is 5.97 Å². The summed E-state index contributed by atoms with van der Waals surface area (Å²) in [5.74, 6) is 0.204. The molecule has 4 aliphatic heterocycles. The maximum atomic E-state index is 12.6. The second-order valence-electron chi connectivity index (χ2n) is 18.8. The molecule has 312 valence electrons. The molecule has 6 N–H and O–H groups in total. The average molecular weight is 781 g/mol. The minimum Gasteiger partial charge on any atom is -0.458 e. The molecule has 4 heterocycles. The molecule has 21 atom stereocenters. The Hall–Kier alpha value is -1.27. The number of ether oxygens (including phenoxy) is 7. The number of hydrogen-bond donors (Lipinski definition) is 6. The third-order valence-electron chi connectivity index (χ3n) is 16.0. The van der Waals surface area contributed by atoms with E-state index in [0.717, 1.165) is 44.1 Å². The number of carbonyl (C=O) groups is 1. The summed E-state index contributed by atoms with van der Waals surface area (Å²) in [5, 5.41) is 66.9. The molecule has 14 heteroatoms. The van der Waals surface area contributed by atoms with E-state index in [2.05, 4.69) is 6.92 Å². The third-order valence-corrected chi connectivity index (χ3v) is 16.0. The first-order valence-corrected chi connectivity index (χ1v) is 20.9. The molecule has 0 amide bonds. The van der Waals surface area contributed by atoms with Gasteiger partial charge in [-0.15, -0.1) is 0 Å². The van der Waals surface area contributed by atoms with Crippen molar-refractivity contribution in [2.75, 3.05) is 6.61 Å². The van der Waals surface area contributed by atoms with Gasteiger partial charge in [0.1, 0.15) is 24.9 Å². The molecule has 3 saturated heterocycles. The van der Waals surface area contributed by atoms with Crippen molar-refractivity contribution >= 4 is 5.97 Å². The molecular formula is C41H64O14. The number of hydrogen-bond acceptors (Lipinski definition) is 14. The largest absolute Gasteiger partial charge is 0.458 e. The molecule has 8 rings (SSSR count). The van der Waals surface area contributed by atoms with E-state index in [9.17, 15) is 35.4 Å². The van der Waals surface area contributed by atoms with Gasteiger partial charge in [-0.2, -0.15) is 0 Å². The Balaban J connectivity index is 0.837. The summed E-state index contributed by atoms with van der Waals surface area (Å²) >= 11 is 0. The Labute approximate surface area is 323 Å². The number of cyclic esters (lactones) is 1. The van der Waals surface area contributed by atoms with E-state index in [1.165, 1.54) is 0 Å². The van der Waals surface area contributed by atoms with E-state index in [1.807, 2.05) is 13.8 Å². The average Bonchev–Trinajstić information content (AvgIpc) is 3.67. The lowest BCUT2D eigenvalue weighted by Gasteiger charge is -2.65. The van der Waals surface area contributed by atoms with Crippen LogP contribution in [0, 0.1) is 34.5 Å².